The molecule has 2 heterocycles. The van der Waals surface area contributed by atoms with Gasteiger partial charge < -0.3 is 14.6 Å². The molecule has 1 atom stereocenters. The van der Waals surface area contributed by atoms with Crippen LogP contribution in [0.1, 0.15) is 39.5 Å². The lowest BCUT2D eigenvalue weighted by molar-refractivity contribution is -0.137. The molecule has 0 spiro atoms. The van der Waals surface area contributed by atoms with E-state index in [1.807, 2.05) is 0 Å². The molecule has 0 aliphatic carbocycles. The largest absolute Gasteiger partial charge is 0.488 e. The summed E-state index contributed by atoms with van der Waals surface area (Å²) < 4.78 is 27.5. The van der Waals surface area contributed by atoms with E-state index in [1.165, 1.54) is 16.7 Å². The predicted octanol–water partition coefficient (Wildman–Crippen LogP) is 1.54. The Bertz CT molecular complexity index is 1140. The molecule has 2 N–H and O–H groups in total. The number of hydrogen-bond donors (Lipinski definition) is 2. The van der Waals surface area contributed by atoms with Crippen LogP contribution in [-0.2, 0) is 22.6 Å². The van der Waals surface area contributed by atoms with Gasteiger partial charge in [-0.15, -0.1) is 0 Å². The second-order valence-corrected chi connectivity index (χ2v) is 7.82. The van der Waals surface area contributed by atoms with Crippen LogP contribution in [0.4, 0.5) is 10.1 Å². The van der Waals surface area contributed by atoms with Crippen molar-refractivity contribution in [3.05, 3.63) is 50.6 Å². The van der Waals surface area contributed by atoms with Crippen molar-refractivity contribution < 1.29 is 23.8 Å². The summed E-state index contributed by atoms with van der Waals surface area (Å²) in [6, 6.07) is 4.08. The number of halogens is 1. The average molecular weight is 450 g/mol. The Morgan fingerprint density at radius 1 is 1.34 bits per heavy atom. The van der Waals surface area contributed by atoms with Gasteiger partial charge in [0, 0.05) is 19.2 Å². The minimum Gasteiger partial charge on any atom is -0.488 e. The number of benzene rings is 1. The molecule has 1 aliphatic heterocycles. The smallest absolute Gasteiger partial charge is 0.335 e. The van der Waals surface area contributed by atoms with Crippen LogP contribution in [-0.4, -0.2) is 44.0 Å². The fourth-order valence-corrected chi connectivity index (χ4v) is 3.40. The Morgan fingerprint density at radius 3 is 2.75 bits per heavy atom. The minimum absolute atomic E-state index is 0.0695. The minimum atomic E-state index is -1.13. The van der Waals surface area contributed by atoms with E-state index in [4.69, 9.17) is 14.6 Å². The zero-order valence-electron chi connectivity index (χ0n) is 18.0. The van der Waals surface area contributed by atoms with Crippen molar-refractivity contribution in [1.29, 1.82) is 0 Å². The van der Waals surface area contributed by atoms with Crippen LogP contribution in [0.3, 0.4) is 0 Å². The summed E-state index contributed by atoms with van der Waals surface area (Å²) in [6.07, 6.45) is 1.75. The summed E-state index contributed by atoms with van der Waals surface area (Å²) in [7, 11) is 0. The number of nitrogens with zero attached hydrogens (tertiary/aromatic N) is 3. The maximum Gasteiger partial charge on any atom is 0.335 e. The summed E-state index contributed by atoms with van der Waals surface area (Å²) in [4.78, 5) is 43.2. The van der Waals surface area contributed by atoms with Gasteiger partial charge in [0.05, 0.1) is 30.9 Å². The van der Waals surface area contributed by atoms with Crippen molar-refractivity contribution in [3.63, 3.8) is 0 Å². The number of aromatic nitrogens is 3. The number of hydrogen-bond acceptors (Lipinski definition) is 6. The zero-order chi connectivity index (χ0) is 23.3. The number of nitrogens with one attached hydrogen (secondary N) is 1. The summed E-state index contributed by atoms with van der Waals surface area (Å²) in [5.41, 5.74) is -1.40. The van der Waals surface area contributed by atoms with Crippen LogP contribution in [0.5, 0.6) is 5.75 Å². The molecule has 1 saturated heterocycles. The molecule has 32 heavy (non-hydrogen) atoms. The van der Waals surface area contributed by atoms with Gasteiger partial charge in [-0.1, -0.05) is 0 Å². The average Bonchev–Trinajstić information content (AvgIpc) is 2.73. The van der Waals surface area contributed by atoms with Gasteiger partial charge in [-0.2, -0.15) is 0 Å². The first-order valence-corrected chi connectivity index (χ1v) is 10.5. The highest BCUT2D eigenvalue weighted by molar-refractivity contribution is 5.66. The van der Waals surface area contributed by atoms with E-state index in [0.717, 1.165) is 29.9 Å². The first-order chi connectivity index (χ1) is 15.2. The Labute approximate surface area is 183 Å². The molecule has 2 aromatic rings. The maximum absolute atomic E-state index is 14.4. The third kappa shape index (κ3) is 5.94. The number of aromatic amines is 1. The summed E-state index contributed by atoms with van der Waals surface area (Å²) in [6.45, 7) is 3.95. The number of rotatable bonds is 8. The molecule has 1 aliphatic rings. The van der Waals surface area contributed by atoms with Crippen LogP contribution in [0.25, 0.3) is 0 Å². The van der Waals surface area contributed by atoms with Gasteiger partial charge in [0.25, 0.3) is 0 Å². The molecule has 11 heteroatoms. The molecule has 0 amide bonds. The van der Waals surface area contributed by atoms with Crippen LogP contribution in [0, 0.1) is 5.82 Å². The van der Waals surface area contributed by atoms with Gasteiger partial charge in [0.2, 0.25) is 5.62 Å². The maximum atomic E-state index is 14.4. The van der Waals surface area contributed by atoms with Gasteiger partial charge in [-0.05, 0) is 45.2 Å². The molecule has 0 saturated carbocycles. The highest BCUT2D eigenvalue weighted by Crippen LogP contribution is 2.23. The molecule has 1 aromatic carbocycles. The standard InChI is InChI=1S/C21H27FN4O6/c1-13(2)32-17-7-6-14(11-16(17)22)23-19-24-20(29)25(9-8-18(27)28)21(30)26(19)12-15-5-3-4-10-31-15/h6-7,11,13,15H,3-5,8-10,12H2,1-2H3,(H,27,28)(H,23,24,29). The number of H-pyrrole nitrogens is 1. The second kappa shape index (κ2) is 10.4. The van der Waals surface area contributed by atoms with Crippen LogP contribution >= 0.6 is 0 Å². The quantitative estimate of drug-likeness (QED) is 0.628. The van der Waals surface area contributed by atoms with Crippen LogP contribution in [0.15, 0.2) is 32.8 Å². The third-order valence-electron chi connectivity index (χ3n) is 4.90. The lowest BCUT2D eigenvalue weighted by atomic mass is 10.1. The fraction of sp³-hybridized carbons (Fsp3) is 0.524. The molecule has 1 aromatic heterocycles. The number of ether oxygens (including phenoxy) is 2. The van der Waals surface area contributed by atoms with E-state index in [2.05, 4.69) is 9.98 Å². The summed E-state index contributed by atoms with van der Waals surface area (Å²) >= 11 is 0. The lowest BCUT2D eigenvalue weighted by Gasteiger charge is -2.23. The highest BCUT2D eigenvalue weighted by atomic mass is 19.1. The number of carbonyl (C=O) groups is 1. The first-order valence-electron chi connectivity index (χ1n) is 10.5. The van der Waals surface area contributed by atoms with E-state index in [1.54, 1.807) is 13.8 Å². The van der Waals surface area contributed by atoms with Crippen molar-refractivity contribution in [1.82, 2.24) is 14.1 Å². The number of carboxylic acid groups (broad SMARTS) is 1. The summed E-state index contributed by atoms with van der Waals surface area (Å²) in [5, 5.41) is 8.92. The molecule has 0 radical (unpaired) electrons. The van der Waals surface area contributed by atoms with Crippen LogP contribution < -0.4 is 21.7 Å². The third-order valence-corrected chi connectivity index (χ3v) is 4.90. The second-order valence-electron chi connectivity index (χ2n) is 7.82. The SMILES string of the molecule is CC(C)Oc1ccc(/N=c2\[nH]c(=O)n(CCC(=O)O)c(=O)n2CC2CCCCO2)cc1F. The topological polar surface area (TPSA) is 128 Å². The van der Waals surface area contributed by atoms with E-state index in [0.29, 0.717) is 6.61 Å². The Hall–Kier alpha value is -3.21. The van der Waals surface area contributed by atoms with E-state index in [9.17, 15) is 18.8 Å². The first kappa shape index (κ1) is 23.5. The lowest BCUT2D eigenvalue weighted by Crippen LogP contribution is -2.51. The Kier molecular flexibility index (Phi) is 7.62. The summed E-state index contributed by atoms with van der Waals surface area (Å²) in [5.74, 6) is -1.69. The molecule has 174 valence electrons. The van der Waals surface area contributed by atoms with Crippen molar-refractivity contribution in [3.8, 4) is 5.75 Å². The fourth-order valence-electron chi connectivity index (χ4n) is 3.40. The Morgan fingerprint density at radius 2 is 2.12 bits per heavy atom. The normalized spacial score (nSPS) is 17.0. The highest BCUT2D eigenvalue weighted by Gasteiger charge is 2.18. The number of carboxylic acids is 1. The monoisotopic (exact) mass is 450 g/mol. The van der Waals surface area contributed by atoms with Gasteiger partial charge in [0.15, 0.2) is 11.6 Å². The van der Waals surface area contributed by atoms with E-state index < -0.39 is 23.2 Å². The van der Waals surface area contributed by atoms with Crippen molar-refractivity contribution in [2.45, 2.75) is 64.8 Å². The molecular weight excluding hydrogens is 423 g/mol. The Balaban J connectivity index is 2.06. The van der Waals surface area contributed by atoms with Gasteiger partial charge >= 0.3 is 17.3 Å². The van der Waals surface area contributed by atoms with Gasteiger partial charge in [-0.3, -0.25) is 14.3 Å². The van der Waals surface area contributed by atoms with E-state index in [-0.39, 0.29) is 48.8 Å². The van der Waals surface area contributed by atoms with Crippen molar-refractivity contribution in [2.24, 2.45) is 4.99 Å². The van der Waals surface area contributed by atoms with Gasteiger partial charge in [0.1, 0.15) is 0 Å². The van der Waals surface area contributed by atoms with Gasteiger partial charge in [-0.25, -0.2) is 23.5 Å². The van der Waals surface area contributed by atoms with Crippen molar-refractivity contribution >= 4 is 11.7 Å². The number of aliphatic carboxylic acids is 1. The molecule has 10 nitrogen and oxygen atoms in total. The zero-order valence-corrected chi connectivity index (χ0v) is 18.0. The molecule has 1 fully saturated rings. The van der Waals surface area contributed by atoms with Crippen LogP contribution in [0.2, 0.25) is 0 Å². The molecular formula is C21H27FN4O6. The molecule has 3 rings (SSSR count). The van der Waals surface area contributed by atoms with E-state index >= 15 is 0 Å². The predicted molar refractivity (Wildman–Crippen MR) is 113 cm³/mol. The van der Waals surface area contributed by atoms with Crippen molar-refractivity contribution in [2.75, 3.05) is 6.61 Å². The molecule has 0 bridgehead atoms. The molecule has 1 unspecified atom stereocenters.